The summed E-state index contributed by atoms with van der Waals surface area (Å²) in [5, 5.41) is 7.00. The van der Waals surface area contributed by atoms with Gasteiger partial charge in [0.05, 0.1) is 18.1 Å². The highest BCUT2D eigenvalue weighted by atomic mass is 19.1. The number of halogens is 1. The quantitative estimate of drug-likeness (QED) is 0.395. The van der Waals surface area contributed by atoms with E-state index >= 15 is 0 Å². The average Bonchev–Trinajstić information content (AvgIpc) is 3.74. The van der Waals surface area contributed by atoms with Gasteiger partial charge in [0.25, 0.3) is 5.91 Å². The number of rotatable bonds is 7. The van der Waals surface area contributed by atoms with Crippen LogP contribution in [0.25, 0.3) is 10.9 Å². The molecule has 0 bridgehead atoms. The van der Waals surface area contributed by atoms with Crippen molar-refractivity contribution in [1.82, 2.24) is 25.4 Å². The van der Waals surface area contributed by atoms with E-state index in [-0.39, 0.29) is 47.5 Å². The number of likely N-dealkylation sites (tertiary alicyclic amines) is 2. The minimum Gasteiger partial charge on any atom is -0.361 e. The number of aromatic nitrogens is 1. The summed E-state index contributed by atoms with van der Waals surface area (Å²) in [4.78, 5) is 48.5. The topological polar surface area (TPSA) is 97.5 Å². The molecular formula is C33H40FN5O3. The molecule has 2 aliphatic heterocycles. The van der Waals surface area contributed by atoms with Gasteiger partial charge in [0.15, 0.2) is 0 Å². The molecule has 5 atom stereocenters. The van der Waals surface area contributed by atoms with Crippen molar-refractivity contribution < 1.29 is 18.8 Å². The first-order valence-electron chi connectivity index (χ1n) is 15.3. The first-order chi connectivity index (χ1) is 20.4. The van der Waals surface area contributed by atoms with E-state index in [9.17, 15) is 18.8 Å². The fourth-order valence-corrected chi connectivity index (χ4v) is 7.46. The SMILES string of the molecule is CNC(C)C(=O)NC(C(=O)N1CCC2C1C(c1c[nH]c3cc(F)ccc13)CN2C(=O)c1ccccc1)C1CCCCC1. The number of likely N-dealkylation sites (N-methyl/N-ethyl adjacent to an activating group) is 1. The maximum Gasteiger partial charge on any atom is 0.254 e. The zero-order valence-electron chi connectivity index (χ0n) is 24.3. The summed E-state index contributed by atoms with van der Waals surface area (Å²) in [7, 11) is 1.74. The Hall–Kier alpha value is -3.72. The summed E-state index contributed by atoms with van der Waals surface area (Å²) in [5.41, 5.74) is 2.29. The van der Waals surface area contributed by atoms with Crippen LogP contribution < -0.4 is 10.6 Å². The maximum absolute atomic E-state index is 14.5. The Balaban J connectivity index is 1.36. The molecule has 3 N–H and O–H groups in total. The lowest BCUT2D eigenvalue weighted by Crippen LogP contribution is -2.57. The van der Waals surface area contributed by atoms with Crippen molar-refractivity contribution in [3.05, 3.63) is 71.7 Å². The van der Waals surface area contributed by atoms with E-state index in [0.29, 0.717) is 30.6 Å². The van der Waals surface area contributed by atoms with Gasteiger partial charge in [-0.05, 0) is 75.0 Å². The monoisotopic (exact) mass is 573 g/mol. The molecule has 2 saturated heterocycles. The number of nitrogens with one attached hydrogen (secondary N) is 3. The standard InChI is InChI=1S/C33H40FN5O3/c1-20(35-2)31(40)37-29(21-9-5-3-6-10-21)33(42)38-16-15-28-30(38)26(19-39(28)32(41)22-11-7-4-8-12-22)25-18-36-27-17-23(34)13-14-24(25)27/h4,7-8,11-14,17-18,20-21,26,28-30,35-36H,3,5-6,9-10,15-16,19H2,1-2H3,(H,37,40). The van der Waals surface area contributed by atoms with E-state index in [1.807, 2.05) is 46.3 Å². The highest BCUT2D eigenvalue weighted by Gasteiger charge is 2.54. The number of carbonyl (C=O) groups is 3. The molecule has 1 aliphatic carbocycles. The first-order valence-corrected chi connectivity index (χ1v) is 15.3. The number of amides is 3. The lowest BCUT2D eigenvalue weighted by Gasteiger charge is -2.36. The van der Waals surface area contributed by atoms with Crippen LogP contribution in [0.5, 0.6) is 0 Å². The van der Waals surface area contributed by atoms with Crippen LogP contribution in [0.2, 0.25) is 0 Å². The molecule has 3 fully saturated rings. The average molecular weight is 574 g/mol. The molecule has 3 heterocycles. The Bertz CT molecular complexity index is 1450. The molecule has 9 heteroatoms. The summed E-state index contributed by atoms with van der Waals surface area (Å²) in [6.07, 6.45) is 7.62. The normalized spacial score (nSPS) is 24.0. The number of hydrogen-bond donors (Lipinski definition) is 3. The van der Waals surface area contributed by atoms with Crippen LogP contribution in [0.3, 0.4) is 0 Å². The van der Waals surface area contributed by atoms with Gasteiger partial charge in [-0.15, -0.1) is 0 Å². The molecule has 6 rings (SSSR count). The van der Waals surface area contributed by atoms with Crippen molar-refractivity contribution in [3.8, 4) is 0 Å². The minimum atomic E-state index is -0.607. The van der Waals surface area contributed by atoms with Crippen LogP contribution in [0.15, 0.2) is 54.7 Å². The molecule has 0 radical (unpaired) electrons. The van der Waals surface area contributed by atoms with Gasteiger partial charge in [0.1, 0.15) is 11.9 Å². The van der Waals surface area contributed by atoms with Crippen molar-refractivity contribution in [2.24, 2.45) is 5.92 Å². The number of nitrogens with zero attached hydrogens (tertiary/aromatic N) is 2. The fraction of sp³-hybridized carbons (Fsp3) is 0.485. The summed E-state index contributed by atoms with van der Waals surface area (Å²) < 4.78 is 14.0. The molecule has 1 aromatic heterocycles. The Kier molecular flexibility index (Phi) is 8.03. The van der Waals surface area contributed by atoms with E-state index in [1.54, 1.807) is 20.0 Å². The lowest BCUT2D eigenvalue weighted by molar-refractivity contribution is -0.139. The largest absolute Gasteiger partial charge is 0.361 e. The second-order valence-electron chi connectivity index (χ2n) is 12.1. The van der Waals surface area contributed by atoms with Crippen molar-refractivity contribution in [2.45, 2.75) is 75.5 Å². The van der Waals surface area contributed by atoms with Crippen LogP contribution in [-0.4, -0.2) is 76.8 Å². The van der Waals surface area contributed by atoms with Crippen LogP contribution in [0.4, 0.5) is 4.39 Å². The lowest BCUT2D eigenvalue weighted by atomic mass is 9.82. The fourth-order valence-electron chi connectivity index (χ4n) is 7.46. The number of hydrogen-bond acceptors (Lipinski definition) is 4. The molecule has 3 amide bonds. The highest BCUT2D eigenvalue weighted by molar-refractivity contribution is 5.95. The van der Waals surface area contributed by atoms with E-state index in [2.05, 4.69) is 15.6 Å². The first kappa shape index (κ1) is 28.4. The van der Waals surface area contributed by atoms with Gasteiger partial charge >= 0.3 is 0 Å². The summed E-state index contributed by atoms with van der Waals surface area (Å²) >= 11 is 0. The van der Waals surface area contributed by atoms with E-state index < -0.39 is 12.1 Å². The van der Waals surface area contributed by atoms with Crippen LogP contribution in [-0.2, 0) is 9.59 Å². The van der Waals surface area contributed by atoms with Crippen molar-refractivity contribution in [3.63, 3.8) is 0 Å². The second kappa shape index (κ2) is 11.9. The van der Waals surface area contributed by atoms with Gasteiger partial charge < -0.3 is 25.4 Å². The predicted octanol–water partition coefficient (Wildman–Crippen LogP) is 4.19. The van der Waals surface area contributed by atoms with Gasteiger partial charge in [0.2, 0.25) is 11.8 Å². The van der Waals surface area contributed by atoms with Crippen LogP contribution >= 0.6 is 0 Å². The van der Waals surface area contributed by atoms with Gasteiger partial charge in [-0.1, -0.05) is 37.5 Å². The van der Waals surface area contributed by atoms with Crippen molar-refractivity contribution in [1.29, 1.82) is 0 Å². The van der Waals surface area contributed by atoms with Gasteiger partial charge in [0, 0.05) is 41.7 Å². The van der Waals surface area contributed by atoms with Gasteiger partial charge in [-0.2, -0.15) is 0 Å². The molecule has 3 aliphatic rings. The molecule has 5 unspecified atom stereocenters. The molecule has 8 nitrogen and oxygen atoms in total. The maximum atomic E-state index is 14.5. The Labute approximate surface area is 246 Å². The third-order valence-corrected chi connectivity index (χ3v) is 9.78. The van der Waals surface area contributed by atoms with Gasteiger partial charge in [-0.3, -0.25) is 14.4 Å². The van der Waals surface area contributed by atoms with Crippen LogP contribution in [0.1, 0.15) is 67.3 Å². The van der Waals surface area contributed by atoms with E-state index in [4.69, 9.17) is 0 Å². The molecule has 222 valence electrons. The minimum absolute atomic E-state index is 0.0479. The summed E-state index contributed by atoms with van der Waals surface area (Å²) in [5.74, 6) is -0.687. The summed E-state index contributed by atoms with van der Waals surface area (Å²) in [6, 6.07) is 12.5. The number of carbonyl (C=O) groups excluding carboxylic acids is 3. The smallest absolute Gasteiger partial charge is 0.254 e. The molecular weight excluding hydrogens is 533 g/mol. The van der Waals surface area contributed by atoms with Crippen molar-refractivity contribution >= 4 is 28.6 Å². The molecule has 1 saturated carbocycles. The molecule has 42 heavy (non-hydrogen) atoms. The third-order valence-electron chi connectivity index (χ3n) is 9.78. The Morgan fingerprint density at radius 1 is 1.00 bits per heavy atom. The number of fused-ring (bicyclic) bond motifs is 2. The number of aromatic amines is 1. The van der Waals surface area contributed by atoms with Gasteiger partial charge in [-0.25, -0.2) is 4.39 Å². The zero-order chi connectivity index (χ0) is 29.4. The number of benzene rings is 2. The third kappa shape index (κ3) is 5.19. The number of H-pyrrole nitrogens is 1. The molecule has 3 aromatic rings. The van der Waals surface area contributed by atoms with E-state index in [1.165, 1.54) is 12.1 Å². The molecule has 0 spiro atoms. The predicted molar refractivity (Wildman–Crippen MR) is 159 cm³/mol. The Morgan fingerprint density at radius 2 is 1.76 bits per heavy atom. The highest BCUT2D eigenvalue weighted by Crippen LogP contribution is 2.44. The Morgan fingerprint density at radius 3 is 2.50 bits per heavy atom. The van der Waals surface area contributed by atoms with Crippen LogP contribution in [0, 0.1) is 11.7 Å². The molecule has 2 aromatic carbocycles. The second-order valence-corrected chi connectivity index (χ2v) is 12.1. The summed E-state index contributed by atoms with van der Waals surface area (Å²) in [6.45, 7) is 2.76. The van der Waals surface area contributed by atoms with E-state index in [0.717, 1.165) is 43.1 Å². The zero-order valence-corrected chi connectivity index (χ0v) is 24.3. The van der Waals surface area contributed by atoms with Crippen molar-refractivity contribution in [2.75, 3.05) is 20.1 Å².